The number of amides is 1. The van der Waals surface area contributed by atoms with E-state index in [0.29, 0.717) is 13.1 Å². The van der Waals surface area contributed by atoms with Gasteiger partial charge in [0.05, 0.1) is 6.04 Å². The molecular weight excluding hydrogens is 252 g/mol. The van der Waals surface area contributed by atoms with Crippen molar-refractivity contribution < 1.29 is 4.79 Å². The van der Waals surface area contributed by atoms with Gasteiger partial charge in [0, 0.05) is 25.4 Å². The van der Waals surface area contributed by atoms with Crippen LogP contribution in [0.3, 0.4) is 0 Å². The third kappa shape index (κ3) is 2.84. The maximum Gasteiger partial charge on any atom is 0.250 e. The molecular formula is C16H22N2O2. The number of carbonyl (C=O) groups is 1. The lowest BCUT2D eigenvalue weighted by Gasteiger charge is -2.22. The summed E-state index contributed by atoms with van der Waals surface area (Å²) in [5.41, 5.74) is 1.13. The van der Waals surface area contributed by atoms with E-state index >= 15 is 0 Å². The molecule has 2 heterocycles. The van der Waals surface area contributed by atoms with Crippen molar-refractivity contribution in [1.82, 2.24) is 9.47 Å². The summed E-state index contributed by atoms with van der Waals surface area (Å²) in [6.07, 6.45) is 4.08. The first-order chi connectivity index (χ1) is 9.32. The van der Waals surface area contributed by atoms with E-state index in [1.165, 1.54) is 6.08 Å². The van der Waals surface area contributed by atoms with Crippen molar-refractivity contribution in [3.8, 4) is 0 Å². The largest absolute Gasteiger partial charge is 0.337 e. The van der Waals surface area contributed by atoms with Crippen molar-refractivity contribution in [2.24, 2.45) is 0 Å². The number of pyridine rings is 1. The number of aromatic nitrogens is 1. The molecule has 1 amide bonds. The topological polar surface area (TPSA) is 42.3 Å². The minimum atomic E-state index is -0.0625. The lowest BCUT2D eigenvalue weighted by atomic mass is 9.88. The molecule has 4 heteroatoms. The van der Waals surface area contributed by atoms with Crippen molar-refractivity contribution in [3.63, 3.8) is 0 Å². The highest BCUT2D eigenvalue weighted by Gasteiger charge is 2.27. The standard InChI is InChI=1S/C16H22N2O2/c1-5-14(19)17-9-8-13(11-17)18-10-12(16(2,3)4)6-7-15(18)20/h5-7,10,13H,1,8-9,11H2,2-4H3/t13-/m0/s1. The van der Waals surface area contributed by atoms with Crippen molar-refractivity contribution in [2.75, 3.05) is 13.1 Å². The van der Waals surface area contributed by atoms with Gasteiger partial charge in [0.2, 0.25) is 5.91 Å². The Bertz CT molecular complexity index is 581. The average molecular weight is 274 g/mol. The van der Waals surface area contributed by atoms with Gasteiger partial charge in [0.15, 0.2) is 0 Å². The van der Waals surface area contributed by atoms with E-state index < -0.39 is 0 Å². The van der Waals surface area contributed by atoms with Crippen LogP contribution in [0.1, 0.15) is 38.8 Å². The molecule has 0 N–H and O–H groups in total. The number of carbonyl (C=O) groups excluding carboxylic acids is 1. The number of rotatable bonds is 2. The van der Waals surface area contributed by atoms with Gasteiger partial charge >= 0.3 is 0 Å². The minimum absolute atomic E-state index is 0.00379. The van der Waals surface area contributed by atoms with Gasteiger partial charge in [-0.3, -0.25) is 9.59 Å². The minimum Gasteiger partial charge on any atom is -0.337 e. The molecule has 0 radical (unpaired) electrons. The summed E-state index contributed by atoms with van der Waals surface area (Å²) in [5.74, 6) is -0.0625. The van der Waals surface area contributed by atoms with Crippen molar-refractivity contribution in [3.05, 3.63) is 46.9 Å². The Morgan fingerprint density at radius 2 is 2.10 bits per heavy atom. The van der Waals surface area contributed by atoms with Crippen molar-refractivity contribution in [1.29, 1.82) is 0 Å². The molecule has 1 aromatic heterocycles. The van der Waals surface area contributed by atoms with E-state index in [0.717, 1.165) is 12.0 Å². The molecule has 2 rings (SSSR count). The van der Waals surface area contributed by atoms with Gasteiger partial charge in [-0.25, -0.2) is 0 Å². The molecule has 4 nitrogen and oxygen atoms in total. The summed E-state index contributed by atoms with van der Waals surface area (Å²) in [4.78, 5) is 25.4. The molecule has 1 atom stereocenters. The van der Waals surface area contributed by atoms with Crippen LogP contribution in [-0.4, -0.2) is 28.5 Å². The van der Waals surface area contributed by atoms with Crippen molar-refractivity contribution >= 4 is 5.91 Å². The highest BCUT2D eigenvalue weighted by Crippen LogP contribution is 2.24. The van der Waals surface area contributed by atoms with Gasteiger partial charge in [-0.05, 0) is 23.5 Å². The second kappa shape index (κ2) is 5.27. The van der Waals surface area contributed by atoms with Crippen LogP contribution in [0.25, 0.3) is 0 Å². The Morgan fingerprint density at radius 3 is 2.70 bits per heavy atom. The average Bonchev–Trinajstić information content (AvgIpc) is 2.86. The molecule has 1 fully saturated rings. The molecule has 1 aromatic rings. The summed E-state index contributed by atoms with van der Waals surface area (Å²) in [7, 11) is 0. The van der Waals surface area contributed by atoms with E-state index in [1.54, 1.807) is 15.5 Å². The third-order valence-corrected chi connectivity index (χ3v) is 3.85. The molecule has 0 unspecified atom stereocenters. The maximum absolute atomic E-state index is 12.1. The van der Waals surface area contributed by atoms with Crippen LogP contribution in [0.2, 0.25) is 0 Å². The van der Waals surface area contributed by atoms with Gasteiger partial charge in [-0.2, -0.15) is 0 Å². The molecule has 0 bridgehead atoms. The predicted octanol–water partition coefficient (Wildman–Crippen LogP) is 2.11. The van der Waals surface area contributed by atoms with Gasteiger partial charge in [-0.15, -0.1) is 0 Å². The Labute approximate surface area is 119 Å². The van der Waals surface area contributed by atoms with E-state index in [9.17, 15) is 9.59 Å². The summed E-state index contributed by atoms with van der Waals surface area (Å²) in [5, 5.41) is 0. The van der Waals surface area contributed by atoms with Crippen LogP contribution in [0, 0.1) is 0 Å². The van der Waals surface area contributed by atoms with Crippen LogP contribution >= 0.6 is 0 Å². The molecule has 0 aromatic carbocycles. The zero-order valence-electron chi connectivity index (χ0n) is 12.4. The molecule has 1 aliphatic rings. The molecule has 0 spiro atoms. The van der Waals surface area contributed by atoms with E-state index in [-0.39, 0.29) is 22.9 Å². The van der Waals surface area contributed by atoms with Crippen LogP contribution < -0.4 is 5.56 Å². The number of likely N-dealkylation sites (tertiary alicyclic amines) is 1. The molecule has 0 saturated carbocycles. The van der Waals surface area contributed by atoms with Gasteiger partial charge in [0.25, 0.3) is 5.56 Å². The summed E-state index contributed by atoms with van der Waals surface area (Å²) < 4.78 is 1.77. The smallest absolute Gasteiger partial charge is 0.250 e. The Balaban J connectivity index is 2.28. The maximum atomic E-state index is 12.1. The lowest BCUT2D eigenvalue weighted by Crippen LogP contribution is -2.30. The third-order valence-electron chi connectivity index (χ3n) is 3.85. The molecule has 20 heavy (non-hydrogen) atoms. The highest BCUT2D eigenvalue weighted by molar-refractivity contribution is 5.87. The lowest BCUT2D eigenvalue weighted by molar-refractivity contribution is -0.125. The quantitative estimate of drug-likeness (QED) is 0.775. The number of hydrogen-bond donors (Lipinski definition) is 0. The van der Waals surface area contributed by atoms with Gasteiger partial charge < -0.3 is 9.47 Å². The fraction of sp³-hybridized carbons (Fsp3) is 0.500. The fourth-order valence-corrected chi connectivity index (χ4v) is 2.53. The second-order valence-electron chi connectivity index (χ2n) is 6.34. The first-order valence-electron chi connectivity index (χ1n) is 6.97. The van der Waals surface area contributed by atoms with E-state index in [4.69, 9.17) is 0 Å². The van der Waals surface area contributed by atoms with E-state index in [1.807, 2.05) is 12.3 Å². The molecule has 1 aliphatic heterocycles. The van der Waals surface area contributed by atoms with Crippen LogP contribution in [-0.2, 0) is 10.2 Å². The molecule has 0 aliphatic carbocycles. The highest BCUT2D eigenvalue weighted by atomic mass is 16.2. The SMILES string of the molecule is C=CC(=O)N1CC[C@H](n2cc(C(C)(C)C)ccc2=O)C1. The molecule has 1 saturated heterocycles. The summed E-state index contributed by atoms with van der Waals surface area (Å²) in [6.45, 7) is 11.1. The molecule has 108 valence electrons. The van der Waals surface area contributed by atoms with Crippen LogP contribution in [0.4, 0.5) is 0 Å². The number of hydrogen-bond acceptors (Lipinski definition) is 2. The first-order valence-corrected chi connectivity index (χ1v) is 6.97. The monoisotopic (exact) mass is 274 g/mol. The van der Waals surface area contributed by atoms with E-state index in [2.05, 4.69) is 27.4 Å². The second-order valence-corrected chi connectivity index (χ2v) is 6.34. The summed E-state index contributed by atoms with van der Waals surface area (Å²) >= 11 is 0. The van der Waals surface area contributed by atoms with Gasteiger partial charge in [0.1, 0.15) is 0 Å². The predicted molar refractivity (Wildman–Crippen MR) is 79.8 cm³/mol. The fourth-order valence-electron chi connectivity index (χ4n) is 2.53. The Hall–Kier alpha value is -1.84. The van der Waals surface area contributed by atoms with Crippen molar-refractivity contribution in [2.45, 2.75) is 38.6 Å². The van der Waals surface area contributed by atoms with Crippen LogP contribution in [0.5, 0.6) is 0 Å². The first kappa shape index (κ1) is 14.6. The summed E-state index contributed by atoms with van der Waals surface area (Å²) in [6, 6.07) is 3.58. The van der Waals surface area contributed by atoms with Gasteiger partial charge in [-0.1, -0.05) is 33.4 Å². The zero-order chi connectivity index (χ0) is 14.9. The van der Waals surface area contributed by atoms with Crippen LogP contribution in [0.15, 0.2) is 35.8 Å². The Kier molecular flexibility index (Phi) is 3.84. The Morgan fingerprint density at radius 1 is 1.40 bits per heavy atom. The normalized spacial score (nSPS) is 19.1. The zero-order valence-corrected chi connectivity index (χ0v) is 12.4. The number of nitrogens with zero attached hydrogens (tertiary/aromatic N) is 2.